The summed E-state index contributed by atoms with van der Waals surface area (Å²) in [5, 5.41) is 4.22. The molecule has 0 aromatic heterocycles. The fourth-order valence-corrected chi connectivity index (χ4v) is 1.22. The van der Waals surface area contributed by atoms with Crippen LogP contribution in [0.4, 0.5) is 0 Å². The Balaban J connectivity index is 2.30. The number of hydrogen-bond donors (Lipinski definition) is 1. The zero-order valence-electron chi connectivity index (χ0n) is 7.43. The van der Waals surface area contributed by atoms with Gasteiger partial charge in [-0.2, -0.15) is 5.10 Å². The van der Waals surface area contributed by atoms with Gasteiger partial charge in [-0.15, -0.1) is 0 Å². The van der Waals surface area contributed by atoms with Gasteiger partial charge in [-0.25, -0.2) is 0 Å². The maximum atomic E-state index is 4.22. The molecule has 0 radical (unpaired) electrons. The van der Waals surface area contributed by atoms with Crippen molar-refractivity contribution in [3.8, 4) is 0 Å². The summed E-state index contributed by atoms with van der Waals surface area (Å²) in [6.07, 6.45) is 3.62. The molecule has 0 aromatic carbocycles. The highest BCUT2D eigenvalue weighted by Crippen LogP contribution is 2.04. The molecule has 0 aromatic rings. The van der Waals surface area contributed by atoms with Crippen molar-refractivity contribution in [1.82, 2.24) is 10.3 Å². The number of hydrogen-bond acceptors (Lipinski definition) is 3. The predicted octanol–water partition coefficient (Wildman–Crippen LogP) is 1.37. The number of rotatable bonds is 4. The number of hydrazone groups is 1. The average Bonchev–Trinajstić information content (AvgIpc) is 2.47. The summed E-state index contributed by atoms with van der Waals surface area (Å²) in [7, 11) is 0. The lowest BCUT2D eigenvalue weighted by Crippen LogP contribution is -2.28. The second kappa shape index (κ2) is 4.21. The Morgan fingerprint density at radius 1 is 1.55 bits per heavy atom. The van der Waals surface area contributed by atoms with Gasteiger partial charge < -0.3 is 4.90 Å². The van der Waals surface area contributed by atoms with Crippen molar-refractivity contribution in [2.24, 2.45) is 5.10 Å². The molecule has 1 aliphatic rings. The number of nitrogens with one attached hydrogen (secondary N) is 1. The van der Waals surface area contributed by atoms with Crippen LogP contribution in [0, 0.1) is 0 Å². The van der Waals surface area contributed by atoms with Gasteiger partial charge in [0.05, 0.1) is 0 Å². The molecule has 11 heavy (non-hydrogen) atoms. The molecule has 0 unspecified atom stereocenters. The lowest BCUT2D eigenvalue weighted by molar-refractivity contribution is 0.438. The Morgan fingerprint density at radius 2 is 2.36 bits per heavy atom. The normalized spacial score (nSPS) is 16.5. The second-order valence-corrected chi connectivity index (χ2v) is 2.80. The van der Waals surface area contributed by atoms with Crippen molar-refractivity contribution in [2.45, 2.75) is 33.1 Å². The topological polar surface area (TPSA) is 27.6 Å². The van der Waals surface area contributed by atoms with Gasteiger partial charge in [0.25, 0.3) is 0 Å². The number of unbranched alkanes of at least 4 members (excludes halogenated alkanes) is 1. The van der Waals surface area contributed by atoms with Crippen molar-refractivity contribution in [2.75, 3.05) is 13.2 Å². The molecule has 0 fully saturated rings. The molecule has 0 saturated heterocycles. The molecule has 0 amide bonds. The highest BCUT2D eigenvalue weighted by Gasteiger charge is 2.12. The number of amidine groups is 1. The first-order valence-electron chi connectivity index (χ1n) is 4.42. The zero-order chi connectivity index (χ0) is 8.10. The maximum absolute atomic E-state index is 4.22. The first-order chi connectivity index (χ1) is 5.38. The zero-order valence-corrected chi connectivity index (χ0v) is 7.43. The summed E-state index contributed by atoms with van der Waals surface area (Å²) < 4.78 is 0. The molecular weight excluding hydrogens is 138 g/mol. The van der Waals surface area contributed by atoms with E-state index in [4.69, 9.17) is 0 Å². The highest BCUT2D eigenvalue weighted by atomic mass is 15.5. The van der Waals surface area contributed by atoms with Gasteiger partial charge in [0, 0.05) is 13.0 Å². The Hall–Kier alpha value is -0.730. The number of nitrogens with zero attached hydrogens (tertiary/aromatic N) is 2. The molecule has 0 atom stereocenters. The van der Waals surface area contributed by atoms with Gasteiger partial charge in [0.2, 0.25) is 0 Å². The van der Waals surface area contributed by atoms with Gasteiger partial charge >= 0.3 is 0 Å². The first-order valence-corrected chi connectivity index (χ1v) is 4.42. The molecule has 64 valence electrons. The molecule has 0 spiro atoms. The quantitative estimate of drug-likeness (QED) is 0.664. The van der Waals surface area contributed by atoms with Crippen LogP contribution in [0.15, 0.2) is 5.10 Å². The van der Waals surface area contributed by atoms with E-state index in [1.807, 2.05) is 0 Å². The third kappa shape index (κ3) is 2.10. The summed E-state index contributed by atoms with van der Waals surface area (Å²) >= 11 is 0. The Kier molecular flexibility index (Phi) is 3.20. The smallest absolute Gasteiger partial charge is 0.126 e. The fraction of sp³-hybridized carbons (Fsp3) is 0.875. The predicted molar refractivity (Wildman–Crippen MR) is 47.3 cm³/mol. The Bertz CT molecular complexity index is 142. The van der Waals surface area contributed by atoms with Crippen molar-refractivity contribution >= 4 is 5.84 Å². The van der Waals surface area contributed by atoms with Gasteiger partial charge in [0.1, 0.15) is 12.5 Å². The minimum atomic E-state index is 0.898. The minimum absolute atomic E-state index is 0.898. The lowest BCUT2D eigenvalue weighted by Gasteiger charge is -2.15. The third-order valence-electron chi connectivity index (χ3n) is 1.97. The lowest BCUT2D eigenvalue weighted by atomic mass is 10.2. The van der Waals surface area contributed by atoms with Crippen LogP contribution in [0.1, 0.15) is 33.1 Å². The van der Waals surface area contributed by atoms with Crippen LogP contribution in [0.5, 0.6) is 0 Å². The van der Waals surface area contributed by atoms with Crippen molar-refractivity contribution < 1.29 is 0 Å². The third-order valence-corrected chi connectivity index (χ3v) is 1.97. The minimum Gasteiger partial charge on any atom is -0.340 e. The largest absolute Gasteiger partial charge is 0.340 e. The van der Waals surface area contributed by atoms with Crippen LogP contribution in [-0.4, -0.2) is 23.9 Å². The van der Waals surface area contributed by atoms with Gasteiger partial charge in [-0.3, -0.25) is 5.43 Å². The van der Waals surface area contributed by atoms with E-state index in [-0.39, 0.29) is 0 Å². The van der Waals surface area contributed by atoms with Gasteiger partial charge in [-0.1, -0.05) is 13.3 Å². The first kappa shape index (κ1) is 8.37. The maximum Gasteiger partial charge on any atom is 0.126 e. The molecule has 3 nitrogen and oxygen atoms in total. The Morgan fingerprint density at radius 3 is 3.00 bits per heavy atom. The van der Waals surface area contributed by atoms with Crippen molar-refractivity contribution in [3.05, 3.63) is 0 Å². The molecule has 0 saturated carbocycles. The van der Waals surface area contributed by atoms with E-state index in [9.17, 15) is 0 Å². The summed E-state index contributed by atoms with van der Waals surface area (Å²) in [5.74, 6) is 1.23. The SMILES string of the molecule is CCCCC1=NNCN1CC. The van der Waals surface area contributed by atoms with E-state index in [1.54, 1.807) is 0 Å². The average molecular weight is 155 g/mol. The fourth-order valence-electron chi connectivity index (χ4n) is 1.22. The van der Waals surface area contributed by atoms with Crippen molar-refractivity contribution in [1.29, 1.82) is 0 Å². The van der Waals surface area contributed by atoms with E-state index in [0.29, 0.717) is 0 Å². The molecule has 0 aliphatic carbocycles. The molecule has 1 N–H and O–H groups in total. The van der Waals surface area contributed by atoms with Crippen LogP contribution in [0.25, 0.3) is 0 Å². The van der Waals surface area contributed by atoms with Crippen LogP contribution in [0.3, 0.4) is 0 Å². The van der Waals surface area contributed by atoms with E-state index in [2.05, 4.69) is 29.3 Å². The molecule has 0 bridgehead atoms. The standard InChI is InChI=1S/C8H17N3/c1-3-5-6-8-10-9-7-11(8)4-2/h9H,3-7H2,1-2H3. The molecule has 1 aliphatic heterocycles. The van der Waals surface area contributed by atoms with Crippen LogP contribution in [0.2, 0.25) is 0 Å². The Labute approximate surface area is 68.5 Å². The van der Waals surface area contributed by atoms with Gasteiger partial charge in [0.15, 0.2) is 0 Å². The molecule has 3 heteroatoms. The second-order valence-electron chi connectivity index (χ2n) is 2.80. The van der Waals surface area contributed by atoms with Crippen LogP contribution < -0.4 is 5.43 Å². The monoisotopic (exact) mass is 155 g/mol. The summed E-state index contributed by atoms with van der Waals surface area (Å²) in [6.45, 7) is 6.33. The van der Waals surface area contributed by atoms with Crippen LogP contribution >= 0.6 is 0 Å². The van der Waals surface area contributed by atoms with E-state index in [0.717, 1.165) is 19.6 Å². The summed E-state index contributed by atoms with van der Waals surface area (Å²) in [5.41, 5.74) is 3.00. The van der Waals surface area contributed by atoms with E-state index in [1.165, 1.54) is 18.7 Å². The highest BCUT2D eigenvalue weighted by molar-refractivity contribution is 5.83. The summed E-state index contributed by atoms with van der Waals surface area (Å²) in [4.78, 5) is 2.27. The van der Waals surface area contributed by atoms with Crippen LogP contribution in [-0.2, 0) is 0 Å². The van der Waals surface area contributed by atoms with E-state index >= 15 is 0 Å². The van der Waals surface area contributed by atoms with Crippen molar-refractivity contribution in [3.63, 3.8) is 0 Å². The van der Waals surface area contributed by atoms with E-state index < -0.39 is 0 Å². The summed E-state index contributed by atoms with van der Waals surface area (Å²) in [6, 6.07) is 0. The molecular formula is C8H17N3. The van der Waals surface area contributed by atoms with Gasteiger partial charge in [-0.05, 0) is 13.3 Å². The molecule has 1 heterocycles. The molecule has 1 rings (SSSR count).